The van der Waals surface area contributed by atoms with Gasteiger partial charge >= 0.3 is 11.9 Å². The molecule has 1 saturated heterocycles. The smallest absolute Gasteiger partial charge is 0.344 e. The van der Waals surface area contributed by atoms with Crippen LogP contribution in [0.5, 0.6) is 11.5 Å². The van der Waals surface area contributed by atoms with E-state index in [0.29, 0.717) is 22.6 Å². The van der Waals surface area contributed by atoms with Crippen molar-refractivity contribution in [1.29, 1.82) is 0 Å². The average Bonchev–Trinajstić information content (AvgIpc) is 3.38. The SMILES string of the molecule is CCOC(=O)c1ccc(NC(=O)C2CCC(=O)N2C2OC(=O)c3c2ccc(OC)c3OC)cc1. The van der Waals surface area contributed by atoms with Gasteiger partial charge in [-0.15, -0.1) is 0 Å². The highest BCUT2D eigenvalue weighted by Gasteiger charge is 2.47. The Labute approximate surface area is 195 Å². The summed E-state index contributed by atoms with van der Waals surface area (Å²) >= 11 is 0. The van der Waals surface area contributed by atoms with E-state index in [0.717, 1.165) is 0 Å². The first-order valence-corrected chi connectivity index (χ1v) is 10.7. The van der Waals surface area contributed by atoms with Gasteiger partial charge in [0.2, 0.25) is 18.0 Å². The molecule has 4 rings (SSSR count). The lowest BCUT2D eigenvalue weighted by molar-refractivity contribution is -0.144. The lowest BCUT2D eigenvalue weighted by Gasteiger charge is -2.29. The summed E-state index contributed by atoms with van der Waals surface area (Å²) in [5.41, 5.74) is 1.40. The number of nitrogens with one attached hydrogen (secondary N) is 1. The number of ether oxygens (including phenoxy) is 4. The van der Waals surface area contributed by atoms with E-state index in [-0.39, 0.29) is 36.7 Å². The zero-order valence-corrected chi connectivity index (χ0v) is 19.0. The van der Waals surface area contributed by atoms with Crippen molar-refractivity contribution < 1.29 is 38.1 Å². The van der Waals surface area contributed by atoms with Crippen LogP contribution in [0.15, 0.2) is 36.4 Å². The van der Waals surface area contributed by atoms with Gasteiger partial charge in [0.1, 0.15) is 11.6 Å². The standard InChI is InChI=1S/C24H24N2O8/c1-4-33-23(29)13-5-7-14(8-6-13)25-21(28)16-10-12-18(27)26(16)22-15-9-11-17(31-2)20(32-3)19(15)24(30)34-22/h5-9,11,16,22H,4,10,12H2,1-3H3,(H,25,28). The van der Waals surface area contributed by atoms with Crippen LogP contribution in [0.25, 0.3) is 0 Å². The van der Waals surface area contributed by atoms with Crippen molar-refractivity contribution in [3.05, 3.63) is 53.1 Å². The maximum Gasteiger partial charge on any atom is 0.344 e. The lowest BCUT2D eigenvalue weighted by Crippen LogP contribution is -2.43. The van der Waals surface area contributed by atoms with Crippen molar-refractivity contribution in [2.24, 2.45) is 0 Å². The molecule has 10 nitrogen and oxygen atoms in total. The number of carbonyl (C=O) groups is 4. The van der Waals surface area contributed by atoms with Crippen LogP contribution in [0, 0.1) is 0 Å². The third-order valence-corrected chi connectivity index (χ3v) is 5.74. The van der Waals surface area contributed by atoms with Crippen LogP contribution in [0.1, 0.15) is 52.3 Å². The number of likely N-dealkylation sites (tertiary alicyclic amines) is 1. The molecule has 2 amide bonds. The summed E-state index contributed by atoms with van der Waals surface area (Å²) < 4.78 is 21.1. The topological polar surface area (TPSA) is 120 Å². The lowest BCUT2D eigenvalue weighted by atomic mass is 10.0. The number of benzene rings is 2. The number of carbonyl (C=O) groups excluding carboxylic acids is 4. The minimum absolute atomic E-state index is 0.135. The van der Waals surface area contributed by atoms with E-state index in [1.807, 2.05) is 0 Å². The molecule has 2 aromatic rings. The number of cyclic esters (lactones) is 1. The molecule has 0 aliphatic carbocycles. The zero-order valence-electron chi connectivity index (χ0n) is 19.0. The fraction of sp³-hybridized carbons (Fsp3) is 0.333. The number of methoxy groups -OCH3 is 2. The van der Waals surface area contributed by atoms with E-state index >= 15 is 0 Å². The number of rotatable bonds is 7. The molecular formula is C24H24N2O8. The Hall–Kier alpha value is -4.08. The van der Waals surface area contributed by atoms with Crippen LogP contribution in [0.4, 0.5) is 5.69 Å². The van der Waals surface area contributed by atoms with Crippen LogP contribution in [-0.2, 0) is 19.1 Å². The Morgan fingerprint density at radius 3 is 2.47 bits per heavy atom. The second-order valence-electron chi connectivity index (χ2n) is 7.67. The normalized spacial score (nSPS) is 18.9. The van der Waals surface area contributed by atoms with E-state index < -0.39 is 30.1 Å². The molecule has 1 N–H and O–H groups in total. The fourth-order valence-electron chi connectivity index (χ4n) is 4.17. The van der Waals surface area contributed by atoms with Gasteiger partial charge in [0.25, 0.3) is 0 Å². The summed E-state index contributed by atoms with van der Waals surface area (Å²) in [5.74, 6) is -1.29. The molecule has 0 spiro atoms. The predicted molar refractivity (Wildman–Crippen MR) is 119 cm³/mol. The third-order valence-electron chi connectivity index (χ3n) is 5.74. The molecule has 2 atom stereocenters. The molecule has 2 aromatic carbocycles. The number of esters is 2. The van der Waals surface area contributed by atoms with E-state index in [4.69, 9.17) is 18.9 Å². The van der Waals surface area contributed by atoms with Crippen molar-refractivity contribution in [3.63, 3.8) is 0 Å². The molecule has 34 heavy (non-hydrogen) atoms. The molecule has 2 unspecified atom stereocenters. The van der Waals surface area contributed by atoms with Gasteiger partial charge < -0.3 is 24.3 Å². The number of amides is 2. The second-order valence-corrected chi connectivity index (χ2v) is 7.67. The monoisotopic (exact) mass is 468 g/mol. The van der Waals surface area contributed by atoms with E-state index in [2.05, 4.69) is 5.32 Å². The quantitative estimate of drug-likeness (QED) is 0.616. The van der Waals surface area contributed by atoms with Gasteiger partial charge in [-0.1, -0.05) is 0 Å². The summed E-state index contributed by atoms with van der Waals surface area (Å²) in [6.45, 7) is 1.98. The molecular weight excluding hydrogens is 444 g/mol. The molecule has 2 heterocycles. The third kappa shape index (κ3) is 4.02. The Kier molecular flexibility index (Phi) is 6.40. The number of hydrogen-bond acceptors (Lipinski definition) is 8. The Balaban J connectivity index is 1.56. The highest BCUT2D eigenvalue weighted by atomic mass is 16.6. The molecule has 1 fully saturated rings. The van der Waals surface area contributed by atoms with Crippen molar-refractivity contribution in [3.8, 4) is 11.5 Å². The van der Waals surface area contributed by atoms with Crippen LogP contribution in [-0.4, -0.2) is 55.5 Å². The number of anilines is 1. The van der Waals surface area contributed by atoms with Gasteiger partial charge in [0.05, 0.1) is 26.4 Å². The Morgan fingerprint density at radius 1 is 1.09 bits per heavy atom. The molecule has 0 radical (unpaired) electrons. The highest BCUT2D eigenvalue weighted by Crippen LogP contribution is 2.45. The van der Waals surface area contributed by atoms with Gasteiger partial charge in [-0.25, -0.2) is 9.59 Å². The van der Waals surface area contributed by atoms with Gasteiger partial charge in [-0.05, 0) is 49.7 Å². The summed E-state index contributed by atoms with van der Waals surface area (Å²) in [4.78, 5) is 51.6. The van der Waals surface area contributed by atoms with Gasteiger partial charge in [-0.2, -0.15) is 0 Å². The van der Waals surface area contributed by atoms with E-state index in [1.54, 1.807) is 43.3 Å². The van der Waals surface area contributed by atoms with Crippen molar-refractivity contribution in [2.45, 2.75) is 32.0 Å². The number of hydrogen-bond donors (Lipinski definition) is 1. The maximum atomic E-state index is 13.1. The summed E-state index contributed by atoms with van der Waals surface area (Å²) in [6.07, 6.45) is -0.655. The van der Waals surface area contributed by atoms with Crippen molar-refractivity contribution in [2.75, 3.05) is 26.1 Å². The first-order chi connectivity index (χ1) is 16.4. The summed E-state index contributed by atoms with van der Waals surface area (Å²) in [6, 6.07) is 8.63. The van der Waals surface area contributed by atoms with E-state index in [1.165, 1.54) is 19.1 Å². The van der Waals surface area contributed by atoms with Gasteiger partial charge in [0.15, 0.2) is 11.5 Å². The van der Waals surface area contributed by atoms with Crippen molar-refractivity contribution >= 4 is 29.4 Å². The average molecular weight is 468 g/mol. The minimum Gasteiger partial charge on any atom is -0.493 e. The van der Waals surface area contributed by atoms with E-state index in [9.17, 15) is 19.2 Å². The first-order valence-electron chi connectivity index (χ1n) is 10.7. The van der Waals surface area contributed by atoms with Crippen LogP contribution < -0.4 is 14.8 Å². The molecule has 0 aromatic heterocycles. The summed E-state index contributed by atoms with van der Waals surface area (Å²) in [7, 11) is 2.86. The number of fused-ring (bicyclic) bond motifs is 1. The fourth-order valence-corrected chi connectivity index (χ4v) is 4.17. The molecule has 0 saturated carbocycles. The summed E-state index contributed by atoms with van der Waals surface area (Å²) in [5, 5.41) is 2.76. The predicted octanol–water partition coefficient (Wildman–Crippen LogP) is 2.68. The number of nitrogens with zero attached hydrogens (tertiary/aromatic N) is 1. The molecule has 10 heteroatoms. The van der Waals surface area contributed by atoms with Crippen LogP contribution >= 0.6 is 0 Å². The zero-order chi connectivity index (χ0) is 24.4. The van der Waals surface area contributed by atoms with Crippen molar-refractivity contribution in [1.82, 2.24) is 4.90 Å². The van der Waals surface area contributed by atoms with Gasteiger partial charge in [0, 0.05) is 17.7 Å². The molecule has 2 aliphatic rings. The maximum absolute atomic E-state index is 13.1. The molecule has 2 aliphatic heterocycles. The van der Waals surface area contributed by atoms with Crippen LogP contribution in [0.2, 0.25) is 0 Å². The molecule has 178 valence electrons. The minimum atomic E-state index is -1.06. The second kappa shape index (κ2) is 9.42. The van der Waals surface area contributed by atoms with Gasteiger partial charge in [-0.3, -0.25) is 14.5 Å². The Morgan fingerprint density at radius 2 is 1.82 bits per heavy atom. The highest BCUT2D eigenvalue weighted by molar-refractivity contribution is 6.01. The first kappa shape index (κ1) is 23.1. The van der Waals surface area contributed by atoms with Crippen LogP contribution in [0.3, 0.4) is 0 Å². The Bertz CT molecular complexity index is 1140. The molecule has 0 bridgehead atoms. The largest absolute Gasteiger partial charge is 0.493 e.